The first-order chi connectivity index (χ1) is 7.72. The van der Waals surface area contributed by atoms with Crippen molar-refractivity contribution >= 4 is 20.8 Å². The van der Waals surface area contributed by atoms with Crippen LogP contribution in [0.25, 0.3) is 5.70 Å². The summed E-state index contributed by atoms with van der Waals surface area (Å²) in [7, 11) is 4.16. The molecule has 0 aromatic heterocycles. The summed E-state index contributed by atoms with van der Waals surface area (Å²) in [6.45, 7) is 9.75. The summed E-state index contributed by atoms with van der Waals surface area (Å²) >= 11 is 0. The number of rotatable bonds is 0. The van der Waals surface area contributed by atoms with Gasteiger partial charge in [0.1, 0.15) is 0 Å². The van der Waals surface area contributed by atoms with Gasteiger partial charge >= 0.3 is 0 Å². The lowest BCUT2D eigenvalue weighted by molar-refractivity contribution is 0.0875. The normalized spacial score (nSPS) is 12.2. The Labute approximate surface area is 101 Å². The Morgan fingerprint density at radius 3 is 2.00 bits per heavy atom. The third-order valence-corrected chi connectivity index (χ3v) is 2.18. The Balaban J connectivity index is 0.000000509. The topological polar surface area (TPSA) is 20.3 Å². The average Bonchev–Trinajstić information content (AvgIpc) is 2.60. The predicted molar refractivity (Wildman–Crippen MR) is 74.6 cm³/mol. The van der Waals surface area contributed by atoms with Gasteiger partial charge in [-0.2, -0.15) is 0 Å². The van der Waals surface area contributed by atoms with Crippen LogP contribution < -0.4 is 0 Å². The molecule has 0 saturated carbocycles. The molecule has 88 valence electrons. The monoisotopic (exact) mass is 237 g/mol. The van der Waals surface area contributed by atoms with Crippen molar-refractivity contribution in [1.82, 2.24) is 4.90 Å². The molecule has 16 heavy (non-hydrogen) atoms. The van der Waals surface area contributed by atoms with E-state index in [1.807, 2.05) is 44.8 Å². The molecule has 0 bridgehead atoms. The van der Waals surface area contributed by atoms with Gasteiger partial charge in [-0.1, -0.05) is 45.3 Å². The highest BCUT2D eigenvalue weighted by Crippen LogP contribution is 2.28. The van der Waals surface area contributed by atoms with E-state index in [4.69, 9.17) is 0 Å². The van der Waals surface area contributed by atoms with Crippen LogP contribution in [0.2, 0.25) is 0 Å². The van der Waals surface area contributed by atoms with Crippen LogP contribution in [0.15, 0.2) is 30.8 Å². The third kappa shape index (κ3) is 2.70. The second-order valence-corrected chi connectivity index (χ2v) is 2.86. The summed E-state index contributed by atoms with van der Waals surface area (Å²) in [5, 5.41) is 0. The lowest BCUT2D eigenvalue weighted by atomic mass is 10.1. The summed E-state index contributed by atoms with van der Waals surface area (Å²) < 4.78 is 0. The fourth-order valence-corrected chi connectivity index (χ4v) is 1.41. The van der Waals surface area contributed by atoms with E-state index in [1.54, 1.807) is 11.9 Å². The van der Waals surface area contributed by atoms with Crippen LogP contribution in [0.1, 0.15) is 29.8 Å². The Bertz CT molecular complexity index is 339. The molecule has 1 aromatic rings. The number of fused-ring (bicyclic) bond motifs is 1. The molecule has 1 heterocycles. The number of hydrogen-bond acceptors (Lipinski definition) is 1. The van der Waals surface area contributed by atoms with Crippen molar-refractivity contribution in [2.75, 3.05) is 13.7 Å². The van der Waals surface area contributed by atoms with Gasteiger partial charge in [0.2, 0.25) is 0 Å². The molecule has 1 aliphatic rings. The van der Waals surface area contributed by atoms with Gasteiger partial charge in [0.15, 0.2) is 0 Å². The zero-order valence-corrected chi connectivity index (χ0v) is 11.6. The van der Waals surface area contributed by atoms with Crippen LogP contribution in [0, 0.1) is 0 Å². The van der Waals surface area contributed by atoms with E-state index in [2.05, 4.69) is 15.8 Å². The summed E-state index contributed by atoms with van der Waals surface area (Å²) in [5.41, 5.74) is 2.49. The average molecular weight is 237 g/mol. The number of carbonyl (C=O) groups excluding carboxylic acids is 1. The summed E-state index contributed by atoms with van der Waals surface area (Å²) in [4.78, 5) is 13.0. The number of nitrogens with zero attached hydrogens (tertiary/aromatic N) is 1. The maximum atomic E-state index is 11.5. The zero-order valence-electron chi connectivity index (χ0n) is 10.4. The van der Waals surface area contributed by atoms with E-state index < -0.39 is 0 Å². The molecule has 1 amide bonds. The van der Waals surface area contributed by atoms with Crippen molar-refractivity contribution < 1.29 is 4.79 Å². The van der Waals surface area contributed by atoms with Crippen LogP contribution in [0.4, 0.5) is 0 Å². The highest BCUT2D eigenvalue weighted by Gasteiger charge is 2.26. The van der Waals surface area contributed by atoms with E-state index in [1.165, 1.54) is 0 Å². The quantitative estimate of drug-likeness (QED) is 0.634. The first-order valence-corrected chi connectivity index (χ1v) is 6.51. The smallest absolute Gasteiger partial charge is 0.258 e. The molecule has 0 saturated heterocycles. The Hall–Kier alpha value is -1.14. The molecule has 3 heteroatoms. The molecule has 2 rings (SSSR count). The molecule has 1 unspecified atom stereocenters. The van der Waals surface area contributed by atoms with Crippen LogP contribution >= 0.6 is 9.24 Å². The van der Waals surface area contributed by atoms with Gasteiger partial charge in [-0.05, 0) is 6.07 Å². The standard InChI is InChI=1S/C10H9NO.C2H6.CH5P/c1-7-8-5-3-4-6-9(8)10(12)11(7)2;2*1-2/h3-6H,1H2,2H3;1-2H3;2H2,1H3. The second kappa shape index (κ2) is 7.19. The molecule has 0 spiro atoms. The Morgan fingerprint density at radius 2 is 1.56 bits per heavy atom. The van der Waals surface area contributed by atoms with Crippen molar-refractivity contribution in [3.8, 4) is 0 Å². The van der Waals surface area contributed by atoms with E-state index in [0.29, 0.717) is 0 Å². The first-order valence-electron chi connectivity index (χ1n) is 5.36. The van der Waals surface area contributed by atoms with E-state index >= 15 is 0 Å². The molecule has 0 aliphatic carbocycles. The molecule has 1 aromatic carbocycles. The van der Waals surface area contributed by atoms with Gasteiger partial charge in [-0.25, -0.2) is 0 Å². The van der Waals surface area contributed by atoms with Crippen molar-refractivity contribution in [3.63, 3.8) is 0 Å². The van der Waals surface area contributed by atoms with E-state index in [9.17, 15) is 4.79 Å². The van der Waals surface area contributed by atoms with Crippen molar-refractivity contribution in [1.29, 1.82) is 0 Å². The maximum Gasteiger partial charge on any atom is 0.258 e. The number of benzene rings is 1. The van der Waals surface area contributed by atoms with Gasteiger partial charge in [-0.15, -0.1) is 9.24 Å². The third-order valence-electron chi connectivity index (χ3n) is 2.18. The molecular weight excluding hydrogens is 217 g/mol. The number of hydrogen-bond donors (Lipinski definition) is 0. The van der Waals surface area contributed by atoms with Crippen LogP contribution in [-0.2, 0) is 0 Å². The minimum absolute atomic E-state index is 0.0376. The summed E-state index contributed by atoms with van der Waals surface area (Å²) in [6.07, 6.45) is 0. The van der Waals surface area contributed by atoms with Crippen molar-refractivity contribution in [2.45, 2.75) is 13.8 Å². The first kappa shape index (κ1) is 14.9. The van der Waals surface area contributed by atoms with Crippen LogP contribution in [-0.4, -0.2) is 24.5 Å². The highest BCUT2D eigenvalue weighted by atomic mass is 31.0. The number of amides is 1. The Kier molecular flexibility index (Phi) is 6.67. The molecule has 2 nitrogen and oxygen atoms in total. The highest BCUT2D eigenvalue weighted by molar-refractivity contribution is 7.15. The summed E-state index contributed by atoms with van der Waals surface area (Å²) in [6, 6.07) is 7.52. The molecule has 0 fully saturated rings. The Morgan fingerprint density at radius 1 is 1.12 bits per heavy atom. The fraction of sp³-hybridized carbons (Fsp3) is 0.308. The van der Waals surface area contributed by atoms with Crippen LogP contribution in [0.3, 0.4) is 0 Å². The molecular formula is C13H20NOP. The fourth-order valence-electron chi connectivity index (χ4n) is 1.41. The minimum atomic E-state index is 0.0376. The molecule has 0 radical (unpaired) electrons. The van der Waals surface area contributed by atoms with Gasteiger partial charge in [0.25, 0.3) is 5.91 Å². The van der Waals surface area contributed by atoms with Gasteiger partial charge in [0, 0.05) is 23.9 Å². The zero-order chi connectivity index (χ0) is 12.7. The minimum Gasteiger partial charge on any atom is -0.311 e. The second-order valence-electron chi connectivity index (χ2n) is 2.86. The number of carbonyl (C=O) groups is 1. The van der Waals surface area contributed by atoms with Gasteiger partial charge in [-0.3, -0.25) is 4.79 Å². The van der Waals surface area contributed by atoms with Gasteiger partial charge in [0.05, 0.1) is 0 Å². The van der Waals surface area contributed by atoms with E-state index in [0.717, 1.165) is 16.8 Å². The molecule has 0 N–H and O–H groups in total. The van der Waals surface area contributed by atoms with Crippen molar-refractivity contribution in [3.05, 3.63) is 42.0 Å². The molecule has 1 atom stereocenters. The molecule has 1 aliphatic heterocycles. The lowest BCUT2D eigenvalue weighted by Gasteiger charge is -2.07. The van der Waals surface area contributed by atoms with E-state index in [-0.39, 0.29) is 5.91 Å². The SMILES string of the molecule is C=C1c2ccccc2C(=O)N1C.CC.CP. The van der Waals surface area contributed by atoms with Crippen LogP contribution in [0.5, 0.6) is 0 Å². The summed E-state index contributed by atoms with van der Waals surface area (Å²) in [5.74, 6) is 0.0376. The predicted octanol–water partition coefficient (Wildman–Crippen LogP) is 3.26. The maximum absolute atomic E-state index is 11.5. The largest absolute Gasteiger partial charge is 0.311 e. The van der Waals surface area contributed by atoms with Gasteiger partial charge < -0.3 is 4.90 Å². The van der Waals surface area contributed by atoms with Crippen molar-refractivity contribution in [2.24, 2.45) is 0 Å². The lowest BCUT2D eigenvalue weighted by Crippen LogP contribution is -2.16.